The van der Waals surface area contributed by atoms with Gasteiger partial charge in [0.15, 0.2) is 0 Å². The second kappa shape index (κ2) is 6.25. The zero-order valence-corrected chi connectivity index (χ0v) is 19.2. The van der Waals surface area contributed by atoms with E-state index in [1.807, 2.05) is 12.4 Å². The van der Waals surface area contributed by atoms with Gasteiger partial charge in [-0.15, -0.1) is 0 Å². The summed E-state index contributed by atoms with van der Waals surface area (Å²) in [6.45, 7) is 0. The zero-order chi connectivity index (χ0) is 22.7. The van der Waals surface area contributed by atoms with Crippen LogP contribution in [0.3, 0.4) is 0 Å². The maximum atomic E-state index is 4.87. The normalized spacial score (nSPS) is 14.9. The Hall–Kier alpha value is -4.24. The van der Waals surface area contributed by atoms with E-state index in [0.29, 0.717) is 0 Å². The van der Waals surface area contributed by atoms with Crippen LogP contribution in [0.4, 0.5) is 17.2 Å². The van der Waals surface area contributed by atoms with Gasteiger partial charge in [-0.05, 0) is 91.7 Å². The SMILES string of the molecule is c1ccc2c(c1)Cc1c-2ccc2c1-c1c(cc3c4c1Cc1cnccc1N4c1ncccc1C3)C2. The third kappa shape index (κ3) is 2.21. The van der Waals surface area contributed by atoms with Gasteiger partial charge in [-0.3, -0.25) is 9.88 Å². The van der Waals surface area contributed by atoms with Crippen LogP contribution in [0.5, 0.6) is 0 Å². The van der Waals surface area contributed by atoms with Gasteiger partial charge in [-0.25, -0.2) is 4.98 Å². The van der Waals surface area contributed by atoms with E-state index in [9.17, 15) is 0 Å². The average Bonchev–Trinajstić information content (AvgIpc) is 3.46. The van der Waals surface area contributed by atoms with Gasteiger partial charge in [-0.2, -0.15) is 0 Å². The third-order valence-electron chi connectivity index (χ3n) is 8.44. The third-order valence-corrected chi connectivity index (χ3v) is 8.44. The maximum Gasteiger partial charge on any atom is 0.141 e. The summed E-state index contributed by atoms with van der Waals surface area (Å²) in [6, 6.07) is 22.6. The molecule has 5 aromatic rings. The van der Waals surface area contributed by atoms with E-state index in [1.165, 1.54) is 78.1 Å². The molecule has 2 aliphatic heterocycles. The van der Waals surface area contributed by atoms with Crippen LogP contribution in [0.15, 0.2) is 79.3 Å². The fourth-order valence-electron chi connectivity index (χ4n) is 7.10. The van der Waals surface area contributed by atoms with Gasteiger partial charge < -0.3 is 0 Å². The first-order valence-corrected chi connectivity index (χ1v) is 12.4. The number of anilines is 3. The van der Waals surface area contributed by atoms with Crippen molar-refractivity contribution >= 4 is 17.2 Å². The zero-order valence-electron chi connectivity index (χ0n) is 19.2. The van der Waals surface area contributed by atoms with Gasteiger partial charge >= 0.3 is 0 Å². The van der Waals surface area contributed by atoms with Crippen LogP contribution in [0.1, 0.15) is 44.5 Å². The van der Waals surface area contributed by atoms with E-state index in [-0.39, 0.29) is 0 Å². The molecular weight excluding hydrogens is 426 g/mol. The summed E-state index contributed by atoms with van der Waals surface area (Å²) in [7, 11) is 0. The number of hydrogen-bond acceptors (Lipinski definition) is 3. The molecule has 0 fully saturated rings. The van der Waals surface area contributed by atoms with Crippen molar-refractivity contribution in [3.05, 3.63) is 124 Å². The Labute approximate surface area is 203 Å². The molecule has 9 rings (SSSR count). The van der Waals surface area contributed by atoms with Crippen LogP contribution < -0.4 is 4.90 Å². The van der Waals surface area contributed by atoms with E-state index in [0.717, 1.165) is 31.5 Å². The second-order valence-electron chi connectivity index (χ2n) is 10.2. The van der Waals surface area contributed by atoms with Crippen LogP contribution in [0.25, 0.3) is 22.3 Å². The summed E-state index contributed by atoms with van der Waals surface area (Å²) < 4.78 is 0. The topological polar surface area (TPSA) is 29.0 Å². The summed E-state index contributed by atoms with van der Waals surface area (Å²) >= 11 is 0. The molecule has 3 heteroatoms. The lowest BCUT2D eigenvalue weighted by molar-refractivity contribution is 0.970. The molecule has 2 aliphatic carbocycles. The number of benzene rings is 3. The summed E-state index contributed by atoms with van der Waals surface area (Å²) in [5.74, 6) is 1.07. The number of aromatic nitrogens is 2. The lowest BCUT2D eigenvalue weighted by Crippen LogP contribution is -2.26. The Bertz CT molecular complexity index is 1750. The summed E-state index contributed by atoms with van der Waals surface area (Å²) in [4.78, 5) is 11.8. The highest BCUT2D eigenvalue weighted by atomic mass is 15.2. The molecule has 0 N–H and O–H groups in total. The molecule has 0 saturated carbocycles. The first-order valence-electron chi connectivity index (χ1n) is 12.4. The highest BCUT2D eigenvalue weighted by molar-refractivity contribution is 5.97. The molecule has 0 spiro atoms. The lowest BCUT2D eigenvalue weighted by atomic mass is 9.82. The van der Waals surface area contributed by atoms with E-state index in [2.05, 4.69) is 76.7 Å². The standard InChI is InChI=1S/C32H21N3/c1-2-6-24-18(4-1)15-26-25(24)8-7-19-12-21-14-22-13-20-5-3-10-34-32(20)35-28-9-11-33-17-23(28)16-27(31(22)35)30(21)29(19)26/h1-11,14,17H,12-13,15-16H2. The Balaban J connectivity index is 1.36. The van der Waals surface area contributed by atoms with Crippen molar-refractivity contribution in [1.29, 1.82) is 0 Å². The van der Waals surface area contributed by atoms with Gasteiger partial charge in [0.1, 0.15) is 5.82 Å². The van der Waals surface area contributed by atoms with Gasteiger partial charge in [0.25, 0.3) is 0 Å². The van der Waals surface area contributed by atoms with Crippen LogP contribution in [0, 0.1) is 0 Å². The molecule has 0 saturated heterocycles. The predicted molar refractivity (Wildman–Crippen MR) is 139 cm³/mol. The molecule has 164 valence electrons. The number of fused-ring (bicyclic) bond motifs is 12. The highest BCUT2D eigenvalue weighted by Crippen LogP contribution is 2.56. The molecule has 3 nitrogen and oxygen atoms in total. The van der Waals surface area contributed by atoms with Crippen molar-refractivity contribution < 1.29 is 0 Å². The van der Waals surface area contributed by atoms with Crippen molar-refractivity contribution in [3.8, 4) is 22.3 Å². The summed E-state index contributed by atoms with van der Waals surface area (Å²) in [5.41, 5.74) is 19.7. The molecule has 4 heterocycles. The first-order chi connectivity index (χ1) is 17.3. The molecule has 35 heavy (non-hydrogen) atoms. The number of rotatable bonds is 0. The Morgan fingerprint density at radius 3 is 2.46 bits per heavy atom. The van der Waals surface area contributed by atoms with Crippen molar-refractivity contribution in [2.45, 2.75) is 25.7 Å². The van der Waals surface area contributed by atoms with Gasteiger partial charge in [0.2, 0.25) is 0 Å². The van der Waals surface area contributed by atoms with Gasteiger partial charge in [-0.1, -0.05) is 48.5 Å². The lowest BCUT2D eigenvalue weighted by Gasteiger charge is -2.39. The quantitative estimate of drug-likeness (QED) is 0.253. The smallest absolute Gasteiger partial charge is 0.141 e. The molecule has 0 atom stereocenters. The van der Waals surface area contributed by atoms with Crippen molar-refractivity contribution in [2.24, 2.45) is 0 Å². The van der Waals surface area contributed by atoms with Gasteiger partial charge in [0, 0.05) is 31.4 Å². The fraction of sp³-hybridized carbons (Fsp3) is 0.125. The minimum Gasteiger partial charge on any atom is -0.294 e. The van der Waals surface area contributed by atoms with Crippen LogP contribution in [0.2, 0.25) is 0 Å². The minimum absolute atomic E-state index is 0.920. The Kier molecular flexibility index (Phi) is 3.24. The number of nitrogens with zero attached hydrogens (tertiary/aromatic N) is 3. The van der Waals surface area contributed by atoms with Crippen molar-refractivity contribution in [2.75, 3.05) is 4.90 Å². The molecular formula is C32H21N3. The summed E-state index contributed by atoms with van der Waals surface area (Å²) in [5, 5.41) is 0. The molecule has 0 amide bonds. The van der Waals surface area contributed by atoms with E-state index in [4.69, 9.17) is 4.98 Å². The van der Waals surface area contributed by atoms with Gasteiger partial charge in [0.05, 0.1) is 11.4 Å². The molecule has 3 aromatic carbocycles. The van der Waals surface area contributed by atoms with Crippen LogP contribution in [-0.2, 0) is 25.7 Å². The summed E-state index contributed by atoms with van der Waals surface area (Å²) in [6.07, 6.45) is 9.79. The minimum atomic E-state index is 0.920. The molecule has 0 unspecified atom stereocenters. The van der Waals surface area contributed by atoms with Crippen LogP contribution in [-0.4, -0.2) is 9.97 Å². The Morgan fingerprint density at radius 1 is 0.600 bits per heavy atom. The van der Waals surface area contributed by atoms with Crippen molar-refractivity contribution in [1.82, 2.24) is 9.97 Å². The highest BCUT2D eigenvalue weighted by Gasteiger charge is 2.38. The Morgan fingerprint density at radius 2 is 1.46 bits per heavy atom. The number of hydrogen-bond donors (Lipinski definition) is 0. The maximum absolute atomic E-state index is 4.87. The fourth-order valence-corrected chi connectivity index (χ4v) is 7.10. The number of pyridine rings is 2. The molecule has 4 aliphatic rings. The largest absolute Gasteiger partial charge is 0.294 e. The van der Waals surface area contributed by atoms with E-state index < -0.39 is 0 Å². The monoisotopic (exact) mass is 447 g/mol. The molecule has 0 bridgehead atoms. The molecule has 2 aromatic heterocycles. The van der Waals surface area contributed by atoms with Crippen LogP contribution >= 0.6 is 0 Å². The molecule has 0 radical (unpaired) electrons. The first kappa shape index (κ1) is 18.1. The second-order valence-corrected chi connectivity index (χ2v) is 10.2. The van der Waals surface area contributed by atoms with E-state index in [1.54, 1.807) is 0 Å². The van der Waals surface area contributed by atoms with E-state index >= 15 is 0 Å². The average molecular weight is 448 g/mol. The predicted octanol–water partition coefficient (Wildman–Crippen LogP) is 6.90. The van der Waals surface area contributed by atoms with Crippen molar-refractivity contribution in [3.63, 3.8) is 0 Å².